The summed E-state index contributed by atoms with van der Waals surface area (Å²) in [5.41, 5.74) is 4.26. The molecule has 584 valence electrons. The van der Waals surface area contributed by atoms with Gasteiger partial charge in [0.25, 0.3) is 0 Å². The van der Waals surface area contributed by atoms with Crippen molar-refractivity contribution in [3.05, 3.63) is 48.6 Å². The molecular formula is C81H122O23. The van der Waals surface area contributed by atoms with Gasteiger partial charge in [-0.2, -0.15) is 0 Å². The van der Waals surface area contributed by atoms with E-state index in [-0.39, 0.29) is 222 Å². The van der Waals surface area contributed by atoms with Gasteiger partial charge in [0.15, 0.2) is 5.79 Å². The van der Waals surface area contributed by atoms with Gasteiger partial charge in [0.05, 0.1) is 135 Å². The van der Waals surface area contributed by atoms with E-state index in [1.54, 1.807) is 0 Å². The highest BCUT2D eigenvalue weighted by Crippen LogP contribution is 2.55. The molecule has 37 atom stereocenters. The van der Waals surface area contributed by atoms with E-state index in [1.165, 1.54) is 0 Å². The third-order valence-electron chi connectivity index (χ3n) is 27.4. The van der Waals surface area contributed by atoms with Gasteiger partial charge in [0, 0.05) is 77.0 Å². The number of hydrogen-bond donors (Lipinski definition) is 6. The van der Waals surface area contributed by atoms with Crippen LogP contribution in [0.3, 0.4) is 0 Å². The zero-order chi connectivity index (χ0) is 72.0. The third-order valence-corrected chi connectivity index (χ3v) is 27.4. The molecule has 17 heterocycles. The smallest absolute Gasteiger partial charge is 0.172 e. The maximum Gasteiger partial charge on any atom is 0.172 e. The van der Waals surface area contributed by atoms with Gasteiger partial charge in [-0.1, -0.05) is 61.4 Å². The van der Waals surface area contributed by atoms with Crippen LogP contribution in [-0.2, 0) is 80.7 Å². The van der Waals surface area contributed by atoms with Crippen LogP contribution in [0, 0.1) is 35.5 Å². The first-order valence-electron chi connectivity index (χ1n) is 39.9. The van der Waals surface area contributed by atoms with Crippen LogP contribution in [0.1, 0.15) is 202 Å². The standard InChI is InChI=1S/C40H60O12.C40H58O11.CH4/c1-19-11-27-7-9-30-20(2)12-26(47-30)6-5-23(42)15-35-36(45)39-40(52-35)37(46)38-31(51-39)10-8-28(49-38)13-24(43)14-29-22(4)32(16-25(44)18-41)50-34(29)17-33(48-27)21(19)3;1-19-11-25-5-7-29-20(2)12-27(44-29)9-10-40-17-34-36(50-40)37-38(49-34)39(51-40)35-30(48-37)8-6-26(46-35)13-23(42)14-28-22(4)31(15-24(43)18-41)47-33(28)16-32(45-25)21(19)3;/h19,22,25-41,44-46H,2-3,5-18H2,1,4H3;19,22,24-39,41,43H,2-3,5-18H2,1,4H3;1H4/t19-,22-,25+,26+,27+,28?,29-,30?,31+,32-,33?,34+,35-,36+,37+,38+,39+,40+;19-,22-,24+,25+,26?,27+,28-,29?,30+,31-,32?,33+,34-,35+,36+,37+,38-,39+,40+;/m11./s1. The van der Waals surface area contributed by atoms with Crippen molar-refractivity contribution in [2.24, 2.45) is 35.5 Å². The van der Waals surface area contributed by atoms with Gasteiger partial charge in [-0.3, -0.25) is 14.4 Å². The first-order valence-corrected chi connectivity index (χ1v) is 39.9. The van der Waals surface area contributed by atoms with Crippen LogP contribution in [0.25, 0.3) is 0 Å². The summed E-state index contributed by atoms with van der Waals surface area (Å²) >= 11 is 0. The van der Waals surface area contributed by atoms with E-state index in [0.29, 0.717) is 76.5 Å². The Morgan fingerprint density at radius 3 is 1.41 bits per heavy atom. The molecule has 17 aliphatic heterocycles. The Morgan fingerprint density at radius 1 is 0.404 bits per heavy atom. The Morgan fingerprint density at radius 2 is 0.856 bits per heavy atom. The van der Waals surface area contributed by atoms with Crippen LogP contribution in [0.15, 0.2) is 48.6 Å². The Hall–Kier alpha value is -2.83. The van der Waals surface area contributed by atoms with Gasteiger partial charge in [0.2, 0.25) is 0 Å². The van der Waals surface area contributed by atoms with E-state index in [4.69, 9.17) is 66.3 Å². The average Bonchev–Trinajstić information content (AvgIpc) is 1.55. The molecule has 23 heteroatoms. The molecule has 0 amide bonds. The van der Waals surface area contributed by atoms with Crippen molar-refractivity contribution in [1.82, 2.24) is 0 Å². The van der Waals surface area contributed by atoms with Crippen LogP contribution in [-0.4, -0.2) is 250 Å². The molecule has 104 heavy (non-hydrogen) atoms. The van der Waals surface area contributed by atoms with Gasteiger partial charge < -0.3 is 97.0 Å². The second kappa shape index (κ2) is 32.5. The summed E-state index contributed by atoms with van der Waals surface area (Å²) in [5.74, 6) is -0.318. The molecule has 6 unspecified atom stereocenters. The molecule has 17 aliphatic rings. The van der Waals surface area contributed by atoms with Gasteiger partial charge in [-0.25, -0.2) is 0 Å². The highest BCUT2D eigenvalue weighted by Gasteiger charge is 2.69. The minimum atomic E-state index is -1.08. The Bertz CT molecular complexity index is 3070. The monoisotopic (exact) mass is 1460 g/mol. The number of carbonyl (C=O) groups excluding carboxylic acids is 3. The van der Waals surface area contributed by atoms with Crippen molar-refractivity contribution in [3.8, 4) is 0 Å². The lowest BCUT2D eigenvalue weighted by Crippen LogP contribution is -2.61. The van der Waals surface area contributed by atoms with Crippen molar-refractivity contribution in [3.63, 3.8) is 0 Å². The predicted molar refractivity (Wildman–Crippen MR) is 377 cm³/mol. The minimum Gasteiger partial charge on any atom is -0.394 e. The quantitative estimate of drug-likeness (QED) is 0.139. The lowest BCUT2D eigenvalue weighted by Gasteiger charge is -2.47. The summed E-state index contributed by atoms with van der Waals surface area (Å²) in [6.07, 6.45) is 3.80. The summed E-state index contributed by atoms with van der Waals surface area (Å²) in [5, 5.41) is 62.5. The molecule has 0 aliphatic carbocycles. The van der Waals surface area contributed by atoms with Gasteiger partial charge in [0.1, 0.15) is 78.4 Å². The summed E-state index contributed by atoms with van der Waals surface area (Å²) in [7, 11) is 0. The highest BCUT2D eigenvalue weighted by molar-refractivity contribution is 5.80. The van der Waals surface area contributed by atoms with Crippen molar-refractivity contribution in [2.45, 2.75) is 391 Å². The first kappa shape index (κ1) is 77.9. The minimum absolute atomic E-state index is 0. The number of aliphatic hydroxyl groups excluding tert-OH is 6. The molecule has 0 aromatic rings. The normalized spacial score (nSPS) is 50.3. The number of rotatable bonds is 6. The molecule has 1 spiro atoms. The van der Waals surface area contributed by atoms with Crippen molar-refractivity contribution in [1.29, 1.82) is 0 Å². The molecule has 6 N–H and O–H groups in total. The molecule has 17 rings (SSSR count). The fourth-order valence-corrected chi connectivity index (χ4v) is 21.4. The second-order valence-electron chi connectivity index (χ2n) is 34.5. The summed E-state index contributed by atoms with van der Waals surface area (Å²) < 4.78 is 92.3. The lowest BCUT2D eigenvalue weighted by molar-refractivity contribution is -0.292. The third kappa shape index (κ3) is 16.2. The number of fused-ring (bicyclic) bond motifs is 13. The number of Topliss-reactive ketones (excluding diaryl/α,β-unsaturated/α-hetero) is 3. The van der Waals surface area contributed by atoms with Crippen LogP contribution < -0.4 is 0 Å². The number of aliphatic hydroxyl groups is 6. The molecule has 0 radical (unpaired) electrons. The molecule has 0 aromatic carbocycles. The van der Waals surface area contributed by atoms with E-state index in [0.717, 1.165) is 86.5 Å². The van der Waals surface area contributed by atoms with Gasteiger partial charge in [-0.05, 0) is 148 Å². The predicted octanol–water partition coefficient (Wildman–Crippen LogP) is 7.62. The maximum atomic E-state index is 14.0. The zero-order valence-electron chi connectivity index (χ0n) is 61.0. The van der Waals surface area contributed by atoms with Crippen molar-refractivity contribution >= 4 is 17.3 Å². The Balaban J connectivity index is 0.000000174. The molecule has 17 fully saturated rings. The SMILES string of the molecule is C.C=C1C[C@@H]2CCC(=O)C[C@H]3O[C@H]4[C@@H](O)[C@H]5OC(CC[C@@H]5O[C@H]4[C@H]3O)CC(=O)C[C@@H]3[C@@H](C)[C@@H](C[C@H](O)CO)O[C@H]3CC3O[C@@H](CCC1O2)C[C@@H](C)C3=C.C=C1C[C@@H]2CC[C@@]34C[C@H]5O[C@H]6[C@@H](O3)[C@H]3OC(CC[C@@H]3O[C@H]6[C@H]5O4)CC(=O)C[C@@H]3[C@@H](C)[C@@H](C[C@H](O)CO)O[C@H]3CC3O[C@@H](CCC1O2)C[C@@H](C)C3=C. The van der Waals surface area contributed by atoms with Crippen molar-refractivity contribution in [2.75, 3.05) is 13.2 Å². The number of ether oxygens (including phenoxy) is 14. The highest BCUT2D eigenvalue weighted by atomic mass is 16.8. The average molecular weight is 1460 g/mol. The molecule has 23 nitrogen and oxygen atoms in total. The fraction of sp³-hybridized carbons (Fsp3) is 0.864. The second-order valence-corrected chi connectivity index (χ2v) is 34.5. The molecule has 0 saturated carbocycles. The van der Waals surface area contributed by atoms with E-state index < -0.39 is 66.8 Å². The maximum absolute atomic E-state index is 14.0. The molecule has 20 bridgehead atoms. The summed E-state index contributed by atoms with van der Waals surface area (Å²) in [6, 6.07) is 0. The molecule has 17 saturated heterocycles. The van der Waals surface area contributed by atoms with Crippen LogP contribution in [0.4, 0.5) is 0 Å². The van der Waals surface area contributed by atoms with E-state index in [2.05, 4.69) is 54.0 Å². The van der Waals surface area contributed by atoms with Crippen LogP contribution in [0.5, 0.6) is 0 Å². The van der Waals surface area contributed by atoms with E-state index in [9.17, 15) is 45.0 Å². The Kier molecular flexibility index (Phi) is 24.3. The van der Waals surface area contributed by atoms with Crippen LogP contribution in [0.2, 0.25) is 0 Å². The lowest BCUT2D eigenvalue weighted by atomic mass is 9.79. The zero-order valence-corrected chi connectivity index (χ0v) is 61.0. The van der Waals surface area contributed by atoms with E-state index >= 15 is 0 Å². The number of hydrogen-bond acceptors (Lipinski definition) is 23. The molecular weight excluding hydrogens is 1340 g/mol. The summed E-state index contributed by atoms with van der Waals surface area (Å²) in [4.78, 5) is 40.9. The first-order chi connectivity index (χ1) is 49.4. The fourth-order valence-electron chi connectivity index (χ4n) is 21.4. The van der Waals surface area contributed by atoms with Crippen molar-refractivity contribution < 1.29 is 111 Å². The number of carbonyl (C=O) groups is 3. The topological polar surface area (TPSA) is 302 Å². The number of ketones is 3. The van der Waals surface area contributed by atoms with Gasteiger partial charge >= 0.3 is 0 Å². The molecule has 0 aromatic heterocycles. The van der Waals surface area contributed by atoms with Gasteiger partial charge in [-0.15, -0.1) is 0 Å². The van der Waals surface area contributed by atoms with Crippen LogP contribution >= 0.6 is 0 Å². The Labute approximate surface area is 614 Å². The van der Waals surface area contributed by atoms with E-state index in [1.807, 2.05) is 0 Å². The summed E-state index contributed by atoms with van der Waals surface area (Å²) in [6.45, 7) is 25.5. The largest absolute Gasteiger partial charge is 0.394 e.